The van der Waals surface area contributed by atoms with Crippen molar-refractivity contribution >= 4 is 17.2 Å². The van der Waals surface area contributed by atoms with Crippen molar-refractivity contribution in [2.75, 3.05) is 12.5 Å². The number of rotatable bonds is 3. The average Bonchev–Trinajstić information content (AvgIpc) is 2.38. The first-order valence-electron chi connectivity index (χ1n) is 6.60. The van der Waals surface area contributed by atoms with Gasteiger partial charge in [0, 0.05) is 6.42 Å². The second kappa shape index (κ2) is 5.87. The van der Waals surface area contributed by atoms with Crippen molar-refractivity contribution in [2.45, 2.75) is 33.1 Å². The second-order valence-electron chi connectivity index (χ2n) is 5.13. The summed E-state index contributed by atoms with van der Waals surface area (Å²) in [4.78, 5) is 11.8. The zero-order chi connectivity index (χ0) is 13.8. The van der Waals surface area contributed by atoms with Crippen molar-refractivity contribution in [1.82, 2.24) is 0 Å². The van der Waals surface area contributed by atoms with Crippen molar-refractivity contribution in [3.05, 3.63) is 23.8 Å². The lowest BCUT2D eigenvalue weighted by Gasteiger charge is -2.17. The van der Waals surface area contributed by atoms with Crippen LogP contribution in [0, 0.1) is 12.8 Å². The second-order valence-corrected chi connectivity index (χ2v) is 5.13. The first-order chi connectivity index (χ1) is 9.10. The SMILES string of the molecule is COc1ccc(N/N=C2\CCC(C)CC2=O)cc1C. The Morgan fingerprint density at radius 1 is 1.42 bits per heavy atom. The van der Waals surface area contributed by atoms with E-state index < -0.39 is 0 Å². The number of nitrogens with zero attached hydrogens (tertiary/aromatic N) is 1. The van der Waals surface area contributed by atoms with Gasteiger partial charge in [0.05, 0.1) is 12.8 Å². The van der Waals surface area contributed by atoms with Crippen LogP contribution in [0.3, 0.4) is 0 Å². The van der Waals surface area contributed by atoms with Gasteiger partial charge in [-0.3, -0.25) is 10.2 Å². The van der Waals surface area contributed by atoms with E-state index in [4.69, 9.17) is 4.74 Å². The highest BCUT2D eigenvalue weighted by molar-refractivity contribution is 6.40. The van der Waals surface area contributed by atoms with Gasteiger partial charge in [0.15, 0.2) is 5.78 Å². The highest BCUT2D eigenvalue weighted by Gasteiger charge is 2.21. The molecule has 0 aromatic heterocycles. The molecule has 0 heterocycles. The fraction of sp³-hybridized carbons (Fsp3) is 0.467. The normalized spacial score (nSPS) is 21.5. The van der Waals surface area contributed by atoms with E-state index in [0.29, 0.717) is 18.1 Å². The van der Waals surface area contributed by atoms with Gasteiger partial charge >= 0.3 is 0 Å². The summed E-state index contributed by atoms with van der Waals surface area (Å²) < 4.78 is 5.21. The van der Waals surface area contributed by atoms with Crippen LogP contribution in [0.1, 0.15) is 31.7 Å². The van der Waals surface area contributed by atoms with E-state index in [1.165, 1.54) is 0 Å². The molecule has 1 aliphatic carbocycles. The van der Waals surface area contributed by atoms with E-state index >= 15 is 0 Å². The van der Waals surface area contributed by atoms with Crippen molar-refractivity contribution in [3.63, 3.8) is 0 Å². The number of hydrogen-bond donors (Lipinski definition) is 1. The van der Waals surface area contributed by atoms with Gasteiger partial charge in [-0.2, -0.15) is 5.10 Å². The van der Waals surface area contributed by atoms with Gasteiger partial charge in [-0.05, 0) is 49.4 Å². The number of nitrogens with one attached hydrogen (secondary N) is 1. The van der Waals surface area contributed by atoms with Gasteiger partial charge in [0.1, 0.15) is 11.5 Å². The van der Waals surface area contributed by atoms with Gasteiger partial charge < -0.3 is 4.74 Å². The molecule has 0 saturated heterocycles. The molecule has 4 nitrogen and oxygen atoms in total. The van der Waals surface area contributed by atoms with Crippen molar-refractivity contribution in [2.24, 2.45) is 11.0 Å². The summed E-state index contributed by atoms with van der Waals surface area (Å²) in [7, 11) is 1.65. The van der Waals surface area contributed by atoms with Crippen LogP contribution in [0.15, 0.2) is 23.3 Å². The van der Waals surface area contributed by atoms with Crippen molar-refractivity contribution in [1.29, 1.82) is 0 Å². The number of anilines is 1. The van der Waals surface area contributed by atoms with E-state index in [2.05, 4.69) is 17.5 Å². The average molecular weight is 260 g/mol. The fourth-order valence-corrected chi connectivity index (χ4v) is 2.26. The Morgan fingerprint density at radius 3 is 2.84 bits per heavy atom. The Kier molecular flexibility index (Phi) is 4.20. The number of aryl methyl sites for hydroxylation is 1. The number of hydrogen-bond acceptors (Lipinski definition) is 4. The fourth-order valence-electron chi connectivity index (χ4n) is 2.26. The summed E-state index contributed by atoms with van der Waals surface area (Å²) in [5.74, 6) is 1.49. The molecule has 2 rings (SSSR count). The summed E-state index contributed by atoms with van der Waals surface area (Å²) >= 11 is 0. The smallest absolute Gasteiger partial charge is 0.179 e. The largest absolute Gasteiger partial charge is 0.496 e. The number of methoxy groups -OCH3 is 1. The highest BCUT2D eigenvalue weighted by Crippen LogP contribution is 2.22. The van der Waals surface area contributed by atoms with E-state index in [0.717, 1.165) is 29.8 Å². The third kappa shape index (κ3) is 3.34. The number of carbonyl (C=O) groups excluding carboxylic acids is 1. The molecule has 1 aromatic carbocycles. The summed E-state index contributed by atoms with van der Waals surface area (Å²) in [6.45, 7) is 4.08. The topological polar surface area (TPSA) is 50.7 Å². The minimum absolute atomic E-state index is 0.163. The molecule has 1 aromatic rings. The van der Waals surface area contributed by atoms with E-state index in [1.54, 1.807) is 7.11 Å². The Morgan fingerprint density at radius 2 is 2.21 bits per heavy atom. The van der Waals surface area contributed by atoms with Crippen LogP contribution in [0.25, 0.3) is 0 Å². The molecule has 4 heteroatoms. The molecular formula is C15H20N2O2. The van der Waals surface area contributed by atoms with E-state index in [1.807, 2.05) is 25.1 Å². The molecular weight excluding hydrogens is 240 g/mol. The number of benzene rings is 1. The molecule has 0 amide bonds. The van der Waals surface area contributed by atoms with Crippen LogP contribution in [-0.4, -0.2) is 18.6 Å². The zero-order valence-electron chi connectivity index (χ0n) is 11.7. The van der Waals surface area contributed by atoms with Crippen molar-refractivity contribution in [3.8, 4) is 5.75 Å². The molecule has 1 fully saturated rings. The minimum atomic E-state index is 0.163. The van der Waals surface area contributed by atoms with Gasteiger partial charge in [-0.15, -0.1) is 0 Å². The Hall–Kier alpha value is -1.84. The maximum Gasteiger partial charge on any atom is 0.179 e. The maximum atomic E-state index is 11.8. The number of ether oxygens (including phenoxy) is 1. The number of carbonyl (C=O) groups is 1. The van der Waals surface area contributed by atoms with Gasteiger partial charge in [-0.25, -0.2) is 0 Å². The molecule has 0 radical (unpaired) electrons. The van der Waals surface area contributed by atoms with Crippen LogP contribution in [0.4, 0.5) is 5.69 Å². The lowest BCUT2D eigenvalue weighted by molar-refractivity contribution is -0.114. The predicted molar refractivity (Wildman–Crippen MR) is 76.8 cm³/mol. The van der Waals surface area contributed by atoms with E-state index in [9.17, 15) is 4.79 Å². The molecule has 102 valence electrons. The van der Waals surface area contributed by atoms with Gasteiger partial charge in [-0.1, -0.05) is 6.92 Å². The molecule has 0 aliphatic heterocycles. The number of hydrazone groups is 1. The van der Waals surface area contributed by atoms with Gasteiger partial charge in [0.2, 0.25) is 0 Å². The summed E-state index contributed by atoms with van der Waals surface area (Å²) in [6, 6.07) is 5.74. The third-order valence-corrected chi connectivity index (χ3v) is 3.44. The zero-order valence-corrected chi connectivity index (χ0v) is 11.7. The minimum Gasteiger partial charge on any atom is -0.496 e. The van der Waals surface area contributed by atoms with Crippen LogP contribution in [-0.2, 0) is 4.79 Å². The quantitative estimate of drug-likeness (QED) is 0.849. The predicted octanol–water partition coefficient (Wildman–Crippen LogP) is 3.16. The molecule has 0 bridgehead atoms. The van der Waals surface area contributed by atoms with E-state index in [-0.39, 0.29) is 5.78 Å². The molecule has 1 saturated carbocycles. The van der Waals surface area contributed by atoms with Gasteiger partial charge in [0.25, 0.3) is 0 Å². The number of Topliss-reactive ketones (excluding diaryl/α,β-unsaturated/α-hetero) is 1. The van der Waals surface area contributed by atoms with Crippen molar-refractivity contribution < 1.29 is 9.53 Å². The molecule has 1 atom stereocenters. The summed E-state index contributed by atoms with van der Waals surface area (Å²) in [6.07, 6.45) is 2.41. The number of ketones is 1. The van der Waals surface area contributed by atoms with Crippen LogP contribution >= 0.6 is 0 Å². The molecule has 1 aliphatic rings. The van der Waals surface area contributed by atoms with Crippen LogP contribution < -0.4 is 10.2 Å². The summed E-state index contributed by atoms with van der Waals surface area (Å²) in [5.41, 5.74) is 5.53. The molecule has 1 unspecified atom stereocenters. The monoisotopic (exact) mass is 260 g/mol. The first kappa shape index (κ1) is 13.6. The third-order valence-electron chi connectivity index (χ3n) is 3.44. The Balaban J connectivity index is 2.05. The first-order valence-corrected chi connectivity index (χ1v) is 6.60. The highest BCUT2D eigenvalue weighted by atomic mass is 16.5. The lowest BCUT2D eigenvalue weighted by atomic mass is 9.88. The lowest BCUT2D eigenvalue weighted by Crippen LogP contribution is -2.24. The summed E-state index contributed by atoms with van der Waals surface area (Å²) in [5, 5.41) is 4.24. The molecule has 0 spiro atoms. The Bertz CT molecular complexity index is 509. The van der Waals surface area contributed by atoms with Crippen LogP contribution in [0.5, 0.6) is 5.75 Å². The Labute approximate surface area is 113 Å². The molecule has 19 heavy (non-hydrogen) atoms. The van der Waals surface area contributed by atoms with Crippen LogP contribution in [0.2, 0.25) is 0 Å². The maximum absolute atomic E-state index is 11.8. The standard InChI is InChI=1S/C15H20N2O2/c1-10-4-6-13(14(18)8-10)17-16-12-5-7-15(19-3)11(2)9-12/h5,7,9-10,16H,4,6,8H2,1-3H3/b17-13+. The molecule has 1 N–H and O–H groups in total.